The van der Waals surface area contributed by atoms with Gasteiger partial charge in [-0.05, 0) is 37.3 Å². The molecule has 52 heavy (non-hydrogen) atoms. The Labute approximate surface area is 305 Å². The molecule has 2 unspecified atom stereocenters. The van der Waals surface area contributed by atoms with Gasteiger partial charge in [0.25, 0.3) is 5.91 Å². The SMILES string of the molecule is O=C(OCc1ccccc1)N1CCN(C(=O)c2cc3n(n2)CCCN(c2nc(OCCCN4CC5CCC(C4)O5)nc4c(F)c(Cl)ncc24)C3)CC1. The van der Waals surface area contributed by atoms with Crippen LogP contribution in [0.15, 0.2) is 42.6 Å². The van der Waals surface area contributed by atoms with Crippen molar-refractivity contribution < 1.29 is 28.2 Å². The number of fused-ring (bicyclic) bond motifs is 4. The zero-order valence-corrected chi connectivity index (χ0v) is 29.6. The number of pyridine rings is 1. The van der Waals surface area contributed by atoms with E-state index in [1.807, 2.05) is 39.9 Å². The van der Waals surface area contributed by atoms with Crippen LogP contribution in [0, 0.1) is 5.82 Å². The molecular formula is C36H41ClFN9O5. The molecule has 4 aliphatic heterocycles. The van der Waals surface area contributed by atoms with E-state index in [0.29, 0.717) is 87.9 Å². The number of hydrogen-bond donors (Lipinski definition) is 0. The maximum absolute atomic E-state index is 15.3. The van der Waals surface area contributed by atoms with Crippen LogP contribution in [0.25, 0.3) is 10.9 Å². The lowest BCUT2D eigenvalue weighted by atomic mass is 10.2. The highest BCUT2D eigenvalue weighted by atomic mass is 35.5. The molecular weight excluding hydrogens is 693 g/mol. The Morgan fingerprint density at radius 3 is 2.54 bits per heavy atom. The summed E-state index contributed by atoms with van der Waals surface area (Å²) in [7, 11) is 0. The van der Waals surface area contributed by atoms with Gasteiger partial charge in [-0.2, -0.15) is 15.1 Å². The zero-order chi connectivity index (χ0) is 35.6. The number of anilines is 1. The van der Waals surface area contributed by atoms with E-state index in [4.69, 9.17) is 30.8 Å². The quantitative estimate of drug-likeness (QED) is 0.182. The topological polar surface area (TPSA) is 131 Å². The van der Waals surface area contributed by atoms with Gasteiger partial charge in [-0.15, -0.1) is 0 Å². The van der Waals surface area contributed by atoms with Crippen molar-refractivity contribution in [1.82, 2.24) is 39.4 Å². The highest BCUT2D eigenvalue weighted by molar-refractivity contribution is 6.30. The highest BCUT2D eigenvalue weighted by Gasteiger charge is 2.33. The van der Waals surface area contributed by atoms with E-state index < -0.39 is 11.9 Å². The second-order valence-corrected chi connectivity index (χ2v) is 14.1. The molecule has 4 aromatic rings. The van der Waals surface area contributed by atoms with Gasteiger partial charge >= 0.3 is 12.1 Å². The summed E-state index contributed by atoms with van der Waals surface area (Å²) in [6.45, 7) is 6.36. The van der Waals surface area contributed by atoms with Gasteiger partial charge in [-0.3, -0.25) is 14.4 Å². The van der Waals surface area contributed by atoms with E-state index in [1.54, 1.807) is 15.9 Å². The van der Waals surface area contributed by atoms with E-state index in [9.17, 15) is 9.59 Å². The van der Waals surface area contributed by atoms with E-state index in [1.165, 1.54) is 6.20 Å². The Hall–Kier alpha value is -4.60. The van der Waals surface area contributed by atoms with Gasteiger partial charge in [-0.1, -0.05) is 41.9 Å². The Kier molecular flexibility index (Phi) is 10.1. The Bertz CT molecular complexity index is 1910. The highest BCUT2D eigenvalue weighted by Crippen LogP contribution is 2.32. The Morgan fingerprint density at radius 1 is 0.981 bits per heavy atom. The molecule has 0 saturated carbocycles. The van der Waals surface area contributed by atoms with Crippen LogP contribution in [-0.4, -0.2) is 123 Å². The first-order valence-electron chi connectivity index (χ1n) is 18.0. The van der Waals surface area contributed by atoms with Gasteiger partial charge in [0, 0.05) is 65.1 Å². The van der Waals surface area contributed by atoms with Crippen LogP contribution in [0.4, 0.5) is 15.0 Å². The summed E-state index contributed by atoms with van der Waals surface area (Å²) in [6, 6.07) is 11.4. The smallest absolute Gasteiger partial charge is 0.410 e. The number of morpholine rings is 1. The summed E-state index contributed by atoms with van der Waals surface area (Å²) < 4.78 is 34.6. The minimum Gasteiger partial charge on any atom is -0.463 e. The summed E-state index contributed by atoms with van der Waals surface area (Å²) in [5.74, 6) is -0.447. The van der Waals surface area contributed by atoms with Crippen molar-refractivity contribution >= 4 is 40.3 Å². The number of halogens is 2. The van der Waals surface area contributed by atoms with Crippen molar-refractivity contribution in [2.24, 2.45) is 0 Å². The van der Waals surface area contributed by atoms with Crippen LogP contribution in [0.2, 0.25) is 5.15 Å². The maximum atomic E-state index is 15.3. The standard InChI is InChI=1S/C36H41ClFN9O5/c37-32-30(38)31-28(19-39-32)33(41-35(40-31)50-17-5-10-43-21-26-8-9-27(22-43)52-26)46-11-4-12-47-25(20-46)18-29(42-47)34(48)44-13-15-45(16-14-44)36(49)51-23-24-6-2-1-3-7-24/h1-3,6-7,18-19,26-27H,4-5,8-17,20-23H2. The third-order valence-corrected chi connectivity index (χ3v) is 10.4. The van der Waals surface area contributed by atoms with Crippen molar-refractivity contribution in [3.05, 3.63) is 70.5 Å². The summed E-state index contributed by atoms with van der Waals surface area (Å²) in [4.78, 5) is 47.2. The monoisotopic (exact) mass is 733 g/mol. The van der Waals surface area contributed by atoms with Gasteiger partial charge in [0.2, 0.25) is 0 Å². The van der Waals surface area contributed by atoms with Crippen LogP contribution in [0.5, 0.6) is 6.01 Å². The molecule has 3 aromatic heterocycles. The van der Waals surface area contributed by atoms with Crippen LogP contribution < -0.4 is 9.64 Å². The number of likely N-dealkylation sites (tertiary alicyclic amines) is 1. The van der Waals surface area contributed by atoms with Gasteiger partial charge < -0.3 is 28.9 Å². The Balaban J connectivity index is 0.920. The van der Waals surface area contributed by atoms with Crippen molar-refractivity contribution in [3.63, 3.8) is 0 Å². The third-order valence-electron chi connectivity index (χ3n) is 10.1. The molecule has 2 atom stereocenters. The second-order valence-electron chi connectivity index (χ2n) is 13.7. The molecule has 0 radical (unpaired) electrons. The summed E-state index contributed by atoms with van der Waals surface area (Å²) in [5.41, 5.74) is 2.11. The first-order chi connectivity index (χ1) is 25.4. The number of benzene rings is 1. The van der Waals surface area contributed by atoms with Gasteiger partial charge in [0.1, 0.15) is 17.9 Å². The lowest BCUT2D eigenvalue weighted by Gasteiger charge is -2.33. The average Bonchev–Trinajstić information content (AvgIpc) is 3.67. The minimum absolute atomic E-state index is 0.0430. The van der Waals surface area contributed by atoms with Crippen LogP contribution >= 0.6 is 11.6 Å². The largest absolute Gasteiger partial charge is 0.463 e. The fourth-order valence-corrected chi connectivity index (χ4v) is 7.59. The molecule has 0 aliphatic carbocycles. The van der Waals surface area contributed by atoms with E-state index in [0.717, 1.165) is 50.2 Å². The summed E-state index contributed by atoms with van der Waals surface area (Å²) in [6.07, 6.45) is 5.46. The van der Waals surface area contributed by atoms with Crippen molar-refractivity contribution in [3.8, 4) is 6.01 Å². The van der Waals surface area contributed by atoms with E-state index in [2.05, 4.69) is 20.0 Å². The third kappa shape index (κ3) is 7.48. The number of amides is 2. The molecule has 14 nitrogen and oxygen atoms in total. The number of aromatic nitrogens is 5. The number of nitrogens with zero attached hydrogens (tertiary/aromatic N) is 9. The maximum Gasteiger partial charge on any atom is 0.410 e. The number of ether oxygens (including phenoxy) is 3. The first kappa shape index (κ1) is 34.5. The summed E-state index contributed by atoms with van der Waals surface area (Å²) in [5, 5.41) is 4.82. The number of rotatable bonds is 9. The fourth-order valence-electron chi connectivity index (χ4n) is 7.45. The van der Waals surface area contributed by atoms with Gasteiger partial charge in [0.15, 0.2) is 16.7 Å². The number of piperazine rings is 1. The predicted octanol–water partition coefficient (Wildman–Crippen LogP) is 4.15. The van der Waals surface area contributed by atoms with Crippen molar-refractivity contribution in [2.75, 3.05) is 63.9 Å². The average molecular weight is 734 g/mol. The molecule has 0 spiro atoms. The number of hydrogen-bond acceptors (Lipinski definition) is 11. The minimum atomic E-state index is -0.728. The van der Waals surface area contributed by atoms with Gasteiger partial charge in [-0.25, -0.2) is 14.2 Å². The lowest BCUT2D eigenvalue weighted by Crippen LogP contribution is -2.50. The molecule has 0 N–H and O–H groups in total. The first-order valence-corrected chi connectivity index (χ1v) is 18.3. The fraction of sp³-hybridized carbons (Fsp3) is 0.500. The van der Waals surface area contributed by atoms with Crippen LogP contribution in [0.1, 0.15) is 47.4 Å². The second kappa shape index (κ2) is 15.2. The van der Waals surface area contributed by atoms with E-state index in [-0.39, 0.29) is 29.2 Å². The predicted molar refractivity (Wildman–Crippen MR) is 189 cm³/mol. The molecule has 3 saturated heterocycles. The molecule has 2 amide bonds. The molecule has 3 fully saturated rings. The van der Waals surface area contributed by atoms with Crippen LogP contribution in [-0.2, 0) is 29.2 Å². The number of aryl methyl sites for hydroxylation is 1. The number of carbonyl (C=O) groups is 2. The molecule has 1 aromatic carbocycles. The molecule has 16 heteroatoms. The molecule has 274 valence electrons. The molecule has 7 heterocycles. The zero-order valence-electron chi connectivity index (χ0n) is 28.8. The number of carbonyl (C=O) groups excluding carboxylic acids is 2. The van der Waals surface area contributed by atoms with Crippen molar-refractivity contribution in [1.29, 1.82) is 0 Å². The Morgan fingerprint density at radius 2 is 1.75 bits per heavy atom. The molecule has 8 rings (SSSR count). The molecule has 2 bridgehead atoms. The lowest BCUT2D eigenvalue weighted by molar-refractivity contribution is -0.0391. The van der Waals surface area contributed by atoms with E-state index >= 15 is 4.39 Å². The normalized spacial score (nSPS) is 20.5. The van der Waals surface area contributed by atoms with Gasteiger partial charge in [0.05, 0.1) is 36.4 Å². The van der Waals surface area contributed by atoms with Crippen molar-refractivity contribution in [2.45, 2.75) is 57.6 Å². The van der Waals surface area contributed by atoms with Crippen LogP contribution in [0.3, 0.4) is 0 Å². The summed E-state index contributed by atoms with van der Waals surface area (Å²) >= 11 is 6.08. The molecule has 4 aliphatic rings.